The zero-order valence-electron chi connectivity index (χ0n) is 8.50. The minimum Gasteiger partial charge on any atom is -0.345 e. The van der Waals surface area contributed by atoms with Crippen LogP contribution in [-0.4, -0.2) is 18.0 Å². The molecule has 0 radical (unpaired) electrons. The molecule has 0 fully saturated rings. The fourth-order valence-corrected chi connectivity index (χ4v) is 1.68. The van der Waals surface area contributed by atoms with E-state index >= 15 is 0 Å². The molecule has 0 aliphatic rings. The summed E-state index contributed by atoms with van der Waals surface area (Å²) < 4.78 is 0.918. The normalized spacial score (nSPS) is 10.3. The van der Waals surface area contributed by atoms with E-state index in [0.717, 1.165) is 4.47 Å². The number of ketones is 1. The molecule has 1 aromatic carbocycles. The highest BCUT2D eigenvalue weighted by Gasteiger charge is 2.06. The zero-order valence-corrected chi connectivity index (χ0v) is 11.1. The number of amides is 1. The summed E-state index contributed by atoms with van der Waals surface area (Å²) in [7, 11) is -0.00198. The van der Waals surface area contributed by atoms with Crippen LogP contribution in [-0.2, 0) is 0 Å². The molecule has 0 aromatic heterocycles. The molecule has 3 nitrogen and oxygen atoms in total. The van der Waals surface area contributed by atoms with Gasteiger partial charge in [0.2, 0.25) is 5.65 Å². The molecular weight excluding hydrogens is 289 g/mol. The van der Waals surface area contributed by atoms with Gasteiger partial charge in [0.05, 0.1) is 6.54 Å². The van der Waals surface area contributed by atoms with E-state index in [-0.39, 0.29) is 26.6 Å². The van der Waals surface area contributed by atoms with Crippen LogP contribution in [0.4, 0.5) is 4.79 Å². The molecule has 1 atom stereocenters. The summed E-state index contributed by atoms with van der Waals surface area (Å²) in [6, 6.07) is 7.02. The summed E-state index contributed by atoms with van der Waals surface area (Å²) in [4.78, 5) is 22.7. The Morgan fingerprint density at radius 1 is 1.38 bits per heavy atom. The van der Waals surface area contributed by atoms with Crippen molar-refractivity contribution in [1.29, 1.82) is 0 Å². The minimum atomic E-state index is -0.166. The Hall–Kier alpha value is -0.990. The second-order valence-corrected chi connectivity index (χ2v) is 5.03. The molecule has 0 bridgehead atoms. The van der Waals surface area contributed by atoms with Gasteiger partial charge in [-0.25, -0.2) is 0 Å². The quantitative estimate of drug-likeness (QED) is 0.670. The predicted molar refractivity (Wildman–Crippen MR) is 70.4 cm³/mol. The van der Waals surface area contributed by atoms with Crippen LogP contribution < -0.4 is 5.32 Å². The number of nitrogens with one attached hydrogen (secondary N) is 1. The number of rotatable bonds is 5. The number of halogens is 1. The van der Waals surface area contributed by atoms with E-state index in [1.54, 1.807) is 24.3 Å². The third-order valence-corrected chi connectivity index (χ3v) is 2.98. The first-order valence-corrected chi connectivity index (χ1v) is 6.44. The summed E-state index contributed by atoms with van der Waals surface area (Å²) in [5, 5.41) is 2.54. The molecule has 0 saturated heterocycles. The fraction of sp³-hybridized carbons (Fsp3) is 0.0909. The van der Waals surface area contributed by atoms with Crippen LogP contribution in [0.15, 0.2) is 41.1 Å². The second kappa shape index (κ2) is 6.56. The van der Waals surface area contributed by atoms with Gasteiger partial charge < -0.3 is 5.32 Å². The lowest BCUT2D eigenvalue weighted by molar-refractivity contribution is 0.0994. The summed E-state index contributed by atoms with van der Waals surface area (Å²) in [6.45, 7) is 3.49. The van der Waals surface area contributed by atoms with Crippen LogP contribution in [0.25, 0.3) is 0 Å². The third kappa shape index (κ3) is 4.25. The van der Waals surface area contributed by atoms with Crippen molar-refractivity contribution in [2.75, 3.05) is 6.54 Å². The maximum atomic E-state index is 11.6. The number of carbonyl (C=O) groups excluding carboxylic acids is 2. The molecule has 0 saturated carbocycles. The second-order valence-electron chi connectivity index (χ2n) is 2.96. The Bertz CT molecular complexity index is 403. The summed E-state index contributed by atoms with van der Waals surface area (Å²) in [6.07, 6.45) is 0. The third-order valence-electron chi connectivity index (χ3n) is 1.81. The van der Waals surface area contributed by atoms with Crippen LogP contribution in [0.2, 0.25) is 0 Å². The number of Topliss-reactive ketones (excluding diaryl/α,β-unsaturated/α-hetero) is 1. The lowest BCUT2D eigenvalue weighted by Gasteiger charge is -2.03. The van der Waals surface area contributed by atoms with Crippen LogP contribution >= 0.6 is 24.5 Å². The Morgan fingerprint density at radius 2 is 2.00 bits per heavy atom. The first-order chi connectivity index (χ1) is 7.63. The average molecular weight is 300 g/mol. The number of hydrogen-bond acceptors (Lipinski definition) is 2. The molecule has 1 amide bonds. The van der Waals surface area contributed by atoms with Crippen molar-refractivity contribution in [2.45, 2.75) is 0 Å². The van der Waals surface area contributed by atoms with Crippen molar-refractivity contribution in [3.8, 4) is 0 Å². The van der Waals surface area contributed by atoms with E-state index in [0.29, 0.717) is 5.56 Å². The molecule has 16 heavy (non-hydrogen) atoms. The van der Waals surface area contributed by atoms with Gasteiger partial charge in [-0.3, -0.25) is 9.59 Å². The first kappa shape index (κ1) is 13.1. The van der Waals surface area contributed by atoms with Crippen LogP contribution in [0.5, 0.6) is 0 Å². The molecular formula is C11H11BrNO2P. The van der Waals surface area contributed by atoms with Crippen molar-refractivity contribution in [1.82, 2.24) is 5.32 Å². The van der Waals surface area contributed by atoms with E-state index < -0.39 is 0 Å². The van der Waals surface area contributed by atoms with Gasteiger partial charge in [0.1, 0.15) is 0 Å². The van der Waals surface area contributed by atoms with Crippen molar-refractivity contribution in [3.63, 3.8) is 0 Å². The molecule has 0 aliphatic carbocycles. The average Bonchev–Trinajstić information content (AvgIpc) is 2.27. The number of benzene rings is 1. The monoisotopic (exact) mass is 299 g/mol. The van der Waals surface area contributed by atoms with Crippen molar-refractivity contribution in [3.05, 3.63) is 46.7 Å². The van der Waals surface area contributed by atoms with Crippen LogP contribution in [0.3, 0.4) is 0 Å². The lowest BCUT2D eigenvalue weighted by Crippen LogP contribution is -2.25. The van der Waals surface area contributed by atoms with Gasteiger partial charge in [0.25, 0.3) is 0 Å². The molecule has 0 heterocycles. The van der Waals surface area contributed by atoms with E-state index in [9.17, 15) is 9.59 Å². The van der Waals surface area contributed by atoms with Crippen molar-refractivity contribution in [2.24, 2.45) is 0 Å². The van der Waals surface area contributed by atoms with Gasteiger partial charge in [0.15, 0.2) is 5.78 Å². The SMILES string of the molecule is C=CPC(=O)NCC(=O)c1ccc(Br)cc1. The Kier molecular flexibility index (Phi) is 5.36. The van der Waals surface area contributed by atoms with Gasteiger partial charge in [0, 0.05) is 10.0 Å². The van der Waals surface area contributed by atoms with E-state index in [2.05, 4.69) is 27.8 Å². The maximum absolute atomic E-state index is 11.6. The molecule has 0 spiro atoms. The van der Waals surface area contributed by atoms with Crippen LogP contribution in [0, 0.1) is 0 Å². The van der Waals surface area contributed by atoms with Gasteiger partial charge >= 0.3 is 0 Å². The van der Waals surface area contributed by atoms with Gasteiger partial charge in [-0.2, -0.15) is 0 Å². The molecule has 5 heteroatoms. The standard InChI is InChI=1S/C11H11BrNO2P/c1-2-16-11(15)13-7-10(14)8-3-5-9(12)6-4-8/h2-6,16H,1,7H2,(H,13,15). The molecule has 1 N–H and O–H groups in total. The molecule has 0 aliphatic heterocycles. The summed E-state index contributed by atoms with van der Waals surface area (Å²) >= 11 is 3.29. The van der Waals surface area contributed by atoms with E-state index in [4.69, 9.17) is 0 Å². The largest absolute Gasteiger partial charge is 0.345 e. The molecule has 1 aromatic rings. The first-order valence-electron chi connectivity index (χ1n) is 4.57. The highest BCUT2D eigenvalue weighted by Crippen LogP contribution is 2.12. The van der Waals surface area contributed by atoms with Gasteiger partial charge in [-0.15, -0.1) is 0 Å². The van der Waals surface area contributed by atoms with Gasteiger partial charge in [-0.1, -0.05) is 40.5 Å². The smallest absolute Gasteiger partial charge is 0.242 e. The Labute approximate surface area is 104 Å². The topological polar surface area (TPSA) is 46.2 Å². The minimum absolute atomic E-state index is 0.00198. The van der Waals surface area contributed by atoms with Gasteiger partial charge in [-0.05, 0) is 20.7 Å². The molecule has 1 rings (SSSR count). The number of hydrogen-bond donors (Lipinski definition) is 1. The highest BCUT2D eigenvalue weighted by molar-refractivity contribution is 9.10. The zero-order chi connectivity index (χ0) is 12.0. The summed E-state index contributed by atoms with van der Waals surface area (Å²) in [5.74, 6) is 1.43. The fourth-order valence-electron chi connectivity index (χ4n) is 1.04. The number of carbonyl (C=O) groups is 2. The van der Waals surface area contributed by atoms with E-state index in [1.165, 1.54) is 5.82 Å². The Morgan fingerprint density at radius 3 is 2.56 bits per heavy atom. The maximum Gasteiger partial charge on any atom is 0.242 e. The molecule has 84 valence electrons. The summed E-state index contributed by atoms with van der Waals surface area (Å²) in [5.41, 5.74) is 0.422. The van der Waals surface area contributed by atoms with Crippen LogP contribution in [0.1, 0.15) is 10.4 Å². The highest BCUT2D eigenvalue weighted by atomic mass is 79.9. The Balaban J connectivity index is 2.49. The predicted octanol–water partition coefficient (Wildman–Crippen LogP) is 3.16. The van der Waals surface area contributed by atoms with Crippen molar-refractivity contribution >= 4 is 35.9 Å². The lowest BCUT2D eigenvalue weighted by atomic mass is 10.1. The van der Waals surface area contributed by atoms with E-state index in [1.807, 2.05) is 0 Å². The van der Waals surface area contributed by atoms with Crippen molar-refractivity contribution < 1.29 is 9.59 Å². The molecule has 1 unspecified atom stereocenters.